The van der Waals surface area contributed by atoms with Crippen LogP contribution in [0.15, 0.2) is 54.0 Å². The van der Waals surface area contributed by atoms with Crippen molar-refractivity contribution in [2.24, 2.45) is 5.10 Å². The maximum atomic E-state index is 14.0. The molecule has 0 atom stereocenters. The minimum Gasteiger partial charge on any atom is -0.456 e. The van der Waals surface area contributed by atoms with Crippen LogP contribution < -0.4 is 10.2 Å². The van der Waals surface area contributed by atoms with Crippen LogP contribution in [0.5, 0.6) is 11.5 Å². The van der Waals surface area contributed by atoms with Gasteiger partial charge in [0.25, 0.3) is 0 Å². The van der Waals surface area contributed by atoms with Gasteiger partial charge in [0, 0.05) is 23.4 Å². The van der Waals surface area contributed by atoms with Gasteiger partial charge in [-0.3, -0.25) is 4.98 Å². The van der Waals surface area contributed by atoms with Crippen LogP contribution in [0.1, 0.15) is 5.56 Å². The first kappa shape index (κ1) is 11.4. The lowest BCUT2D eigenvalue weighted by Gasteiger charge is -2.07. The Morgan fingerprint density at radius 1 is 1.11 bits per heavy atom. The van der Waals surface area contributed by atoms with E-state index in [0.29, 0.717) is 22.6 Å². The molecular weight excluding hydrogens is 245 g/mol. The zero-order valence-electron chi connectivity index (χ0n) is 9.82. The fraction of sp³-hybridized carbons (Fsp3) is 0. The minimum absolute atomic E-state index is 0.379. The molecule has 4 nitrogen and oxygen atoms in total. The average Bonchev–Trinajstić information content (AvgIpc) is 2.94. The second-order valence-electron chi connectivity index (χ2n) is 3.88. The third-order valence-corrected chi connectivity index (χ3v) is 2.58. The number of rotatable bonds is 3. The zero-order valence-corrected chi connectivity index (χ0v) is 9.82. The summed E-state index contributed by atoms with van der Waals surface area (Å²) in [6.45, 7) is 0. The number of nitrogens with zero attached hydrogens (tertiary/aromatic N) is 3. The summed E-state index contributed by atoms with van der Waals surface area (Å²) >= 11 is 0. The SMILES string of the molecule is Fc1cc(Oc2cccnc2)ccc1C1=C[N]N=C1. The molecule has 0 spiro atoms. The van der Waals surface area contributed by atoms with Gasteiger partial charge >= 0.3 is 0 Å². The molecule has 0 bridgehead atoms. The number of pyridine rings is 1. The van der Waals surface area contributed by atoms with Gasteiger partial charge in [-0.15, -0.1) is 0 Å². The Kier molecular flexibility index (Phi) is 2.94. The molecule has 0 saturated heterocycles. The lowest BCUT2D eigenvalue weighted by Crippen LogP contribution is -1.92. The molecule has 0 aliphatic carbocycles. The minimum atomic E-state index is -0.379. The van der Waals surface area contributed by atoms with E-state index in [-0.39, 0.29) is 5.82 Å². The lowest BCUT2D eigenvalue weighted by molar-refractivity contribution is 0.474. The molecule has 1 aliphatic heterocycles. The van der Waals surface area contributed by atoms with E-state index in [2.05, 4.69) is 15.5 Å². The van der Waals surface area contributed by atoms with E-state index in [9.17, 15) is 4.39 Å². The molecule has 0 amide bonds. The Morgan fingerprint density at radius 3 is 2.74 bits per heavy atom. The highest BCUT2D eigenvalue weighted by Crippen LogP contribution is 2.26. The fourth-order valence-corrected chi connectivity index (χ4v) is 1.70. The van der Waals surface area contributed by atoms with Gasteiger partial charge in [0.05, 0.1) is 18.6 Å². The number of hydrogen-bond donors (Lipinski definition) is 0. The van der Waals surface area contributed by atoms with E-state index in [0.717, 1.165) is 0 Å². The number of hydrogen-bond acceptors (Lipinski definition) is 3. The van der Waals surface area contributed by atoms with Crippen LogP contribution in [0.3, 0.4) is 0 Å². The largest absolute Gasteiger partial charge is 0.456 e. The van der Waals surface area contributed by atoms with Gasteiger partial charge in [-0.1, -0.05) is 0 Å². The first-order valence-electron chi connectivity index (χ1n) is 5.64. The molecule has 3 rings (SSSR count). The summed E-state index contributed by atoms with van der Waals surface area (Å²) in [5, 5.41) is 3.67. The second kappa shape index (κ2) is 4.89. The van der Waals surface area contributed by atoms with Crippen molar-refractivity contribution in [2.75, 3.05) is 0 Å². The van der Waals surface area contributed by atoms with Crippen LogP contribution in [0.4, 0.5) is 4.39 Å². The van der Waals surface area contributed by atoms with Crippen molar-refractivity contribution in [3.8, 4) is 11.5 Å². The van der Waals surface area contributed by atoms with Gasteiger partial charge in [0.2, 0.25) is 0 Å². The molecule has 1 aliphatic rings. The van der Waals surface area contributed by atoms with E-state index in [4.69, 9.17) is 4.74 Å². The summed E-state index contributed by atoms with van der Waals surface area (Å²) in [5.74, 6) is 0.601. The predicted octanol–water partition coefficient (Wildman–Crippen LogP) is 2.96. The van der Waals surface area contributed by atoms with Crippen molar-refractivity contribution in [2.45, 2.75) is 0 Å². The number of aromatic nitrogens is 1. The highest BCUT2D eigenvalue weighted by Gasteiger charge is 2.11. The smallest absolute Gasteiger partial charge is 0.145 e. The molecule has 0 fully saturated rings. The van der Waals surface area contributed by atoms with Crippen molar-refractivity contribution in [3.05, 3.63) is 60.3 Å². The molecular formula is C14H9FN3O. The van der Waals surface area contributed by atoms with Crippen molar-refractivity contribution in [1.82, 2.24) is 10.4 Å². The van der Waals surface area contributed by atoms with E-state index in [1.807, 2.05) is 0 Å². The monoisotopic (exact) mass is 254 g/mol. The van der Waals surface area contributed by atoms with Crippen molar-refractivity contribution < 1.29 is 9.13 Å². The summed E-state index contributed by atoms with van der Waals surface area (Å²) in [4.78, 5) is 3.93. The number of halogens is 1. The summed E-state index contributed by atoms with van der Waals surface area (Å²) in [6, 6.07) is 8.17. The van der Waals surface area contributed by atoms with Crippen molar-refractivity contribution in [3.63, 3.8) is 0 Å². The maximum absolute atomic E-state index is 14.0. The molecule has 1 radical (unpaired) electrons. The van der Waals surface area contributed by atoms with Gasteiger partial charge in [0.15, 0.2) is 0 Å². The van der Waals surface area contributed by atoms with Crippen LogP contribution in [0.25, 0.3) is 5.57 Å². The Labute approximate surface area is 109 Å². The fourth-order valence-electron chi connectivity index (χ4n) is 1.70. The van der Waals surface area contributed by atoms with E-state index in [1.165, 1.54) is 18.5 Å². The van der Waals surface area contributed by atoms with Crippen molar-refractivity contribution in [1.29, 1.82) is 0 Å². The summed E-state index contributed by atoms with van der Waals surface area (Å²) < 4.78 is 19.5. The standard InChI is InChI=1S/C14H9FN3O/c15-14-6-11(19-12-2-1-5-16-9-12)3-4-13(14)10-7-17-18-8-10/h1-9H. The van der Waals surface area contributed by atoms with Crippen LogP contribution in [-0.4, -0.2) is 11.2 Å². The Bertz CT molecular complexity index is 653. The second-order valence-corrected chi connectivity index (χ2v) is 3.88. The highest BCUT2D eigenvalue weighted by atomic mass is 19.1. The maximum Gasteiger partial charge on any atom is 0.145 e. The molecule has 2 heterocycles. The summed E-state index contributed by atoms with van der Waals surface area (Å²) in [6.07, 6.45) is 6.24. The van der Waals surface area contributed by atoms with E-state index >= 15 is 0 Å². The molecule has 19 heavy (non-hydrogen) atoms. The number of benzene rings is 1. The molecule has 5 heteroatoms. The quantitative estimate of drug-likeness (QED) is 0.845. The third-order valence-electron chi connectivity index (χ3n) is 2.58. The number of ether oxygens (including phenoxy) is 1. The van der Waals surface area contributed by atoms with Crippen LogP contribution in [-0.2, 0) is 0 Å². The lowest BCUT2D eigenvalue weighted by atomic mass is 10.1. The van der Waals surface area contributed by atoms with E-state index < -0.39 is 0 Å². The van der Waals surface area contributed by atoms with Gasteiger partial charge in [0.1, 0.15) is 17.3 Å². The molecule has 0 unspecified atom stereocenters. The Morgan fingerprint density at radius 2 is 2.05 bits per heavy atom. The molecule has 93 valence electrons. The van der Waals surface area contributed by atoms with Crippen LogP contribution in [0.2, 0.25) is 0 Å². The molecule has 1 aromatic carbocycles. The Balaban J connectivity index is 1.85. The van der Waals surface area contributed by atoms with Crippen LogP contribution >= 0.6 is 0 Å². The third kappa shape index (κ3) is 2.44. The van der Waals surface area contributed by atoms with Crippen molar-refractivity contribution >= 4 is 11.8 Å². The first-order chi connectivity index (χ1) is 9.33. The van der Waals surface area contributed by atoms with Gasteiger partial charge in [-0.05, 0) is 24.3 Å². The summed E-state index contributed by atoms with van der Waals surface area (Å²) in [7, 11) is 0. The molecule has 0 saturated carbocycles. The van der Waals surface area contributed by atoms with Gasteiger partial charge in [-0.2, -0.15) is 10.5 Å². The topological polar surface area (TPSA) is 48.6 Å². The summed E-state index contributed by atoms with van der Waals surface area (Å²) in [5.41, 5.74) is 4.77. The molecule has 0 N–H and O–H groups in total. The van der Waals surface area contributed by atoms with Crippen LogP contribution in [0, 0.1) is 5.82 Å². The highest BCUT2D eigenvalue weighted by molar-refractivity contribution is 6.10. The normalized spacial score (nSPS) is 13.0. The zero-order chi connectivity index (χ0) is 13.1. The molecule has 2 aromatic rings. The average molecular weight is 254 g/mol. The number of allylic oxidation sites excluding steroid dienone is 1. The van der Waals surface area contributed by atoms with Gasteiger partial charge in [-0.25, -0.2) is 4.39 Å². The van der Waals surface area contributed by atoms with Gasteiger partial charge < -0.3 is 4.74 Å². The van der Waals surface area contributed by atoms with E-state index in [1.54, 1.807) is 36.7 Å². The predicted molar refractivity (Wildman–Crippen MR) is 69.3 cm³/mol. The first-order valence-corrected chi connectivity index (χ1v) is 5.64. The molecule has 1 aromatic heterocycles. The Hall–Kier alpha value is -2.69.